The van der Waals surface area contributed by atoms with Crippen molar-refractivity contribution < 1.29 is 18.3 Å². The van der Waals surface area contributed by atoms with Gasteiger partial charge in [-0.1, -0.05) is 36.1 Å². The molecule has 1 aliphatic rings. The molecule has 0 aliphatic carbocycles. The Bertz CT molecular complexity index is 882. The number of thiocarbonyl (C=S) groups is 1. The second-order valence-corrected chi connectivity index (χ2v) is 7.55. The molecule has 2 aromatic rings. The summed E-state index contributed by atoms with van der Waals surface area (Å²) < 4.78 is 29.2. The third-order valence-electron chi connectivity index (χ3n) is 3.82. The van der Waals surface area contributed by atoms with E-state index in [0.29, 0.717) is 20.5 Å². The summed E-state index contributed by atoms with van der Waals surface area (Å²) in [5, 5.41) is 0. The number of hydrogen-bond acceptors (Lipinski definition) is 5. The first-order chi connectivity index (χ1) is 12.8. The normalized spacial score (nSPS) is 15.7. The molecule has 27 heavy (non-hydrogen) atoms. The molecule has 4 nitrogen and oxygen atoms in total. The second-order valence-electron chi connectivity index (χ2n) is 5.88. The van der Waals surface area contributed by atoms with Gasteiger partial charge in [0.05, 0.1) is 10.6 Å². The van der Waals surface area contributed by atoms with E-state index in [4.69, 9.17) is 12.2 Å². The zero-order valence-electron chi connectivity index (χ0n) is 14.6. The van der Waals surface area contributed by atoms with Gasteiger partial charge in [0, 0.05) is 19.8 Å². The molecular formula is C19H16F2N2O2S2. The van der Waals surface area contributed by atoms with Crippen molar-refractivity contribution in [2.24, 2.45) is 0 Å². The minimum Gasteiger partial charge on any atom is -0.435 e. The maximum Gasteiger partial charge on any atom is 0.387 e. The number of thioether (sulfide) groups is 1. The molecule has 3 rings (SSSR count). The van der Waals surface area contributed by atoms with E-state index in [-0.39, 0.29) is 11.7 Å². The second kappa shape index (κ2) is 8.06. The molecule has 0 bridgehead atoms. The Morgan fingerprint density at radius 1 is 1.11 bits per heavy atom. The number of carbonyl (C=O) groups is 1. The van der Waals surface area contributed by atoms with E-state index < -0.39 is 6.61 Å². The Balaban J connectivity index is 1.80. The highest BCUT2D eigenvalue weighted by molar-refractivity contribution is 8.27. The van der Waals surface area contributed by atoms with Gasteiger partial charge in [-0.3, -0.25) is 9.69 Å². The summed E-state index contributed by atoms with van der Waals surface area (Å²) in [4.78, 5) is 16.7. The Morgan fingerprint density at radius 3 is 2.30 bits per heavy atom. The predicted molar refractivity (Wildman–Crippen MR) is 109 cm³/mol. The SMILES string of the molecule is CN(C)c1ccc(N2C(=O)/C(=C\c3ccc(OC(F)F)cc3)SC2=S)cc1. The van der Waals surface area contributed by atoms with E-state index in [1.165, 1.54) is 28.8 Å². The van der Waals surface area contributed by atoms with Crippen molar-refractivity contribution >= 4 is 51.7 Å². The van der Waals surface area contributed by atoms with Gasteiger partial charge in [-0.25, -0.2) is 0 Å². The fraction of sp³-hybridized carbons (Fsp3) is 0.158. The Kier molecular flexibility index (Phi) is 5.76. The van der Waals surface area contributed by atoms with Gasteiger partial charge in [0.25, 0.3) is 5.91 Å². The lowest BCUT2D eigenvalue weighted by Crippen LogP contribution is -2.27. The maximum atomic E-state index is 12.8. The van der Waals surface area contributed by atoms with Crippen molar-refractivity contribution in [3.8, 4) is 5.75 Å². The van der Waals surface area contributed by atoms with Crippen LogP contribution in [-0.2, 0) is 4.79 Å². The molecule has 2 aromatic carbocycles. The van der Waals surface area contributed by atoms with Crippen LogP contribution in [0, 0.1) is 0 Å². The third kappa shape index (κ3) is 4.45. The van der Waals surface area contributed by atoms with Crippen molar-refractivity contribution in [2.75, 3.05) is 23.9 Å². The molecule has 0 spiro atoms. The van der Waals surface area contributed by atoms with Gasteiger partial charge in [0.2, 0.25) is 0 Å². The van der Waals surface area contributed by atoms with Crippen LogP contribution in [0.3, 0.4) is 0 Å². The van der Waals surface area contributed by atoms with E-state index in [1.807, 2.05) is 43.3 Å². The lowest BCUT2D eigenvalue weighted by molar-refractivity contribution is -0.113. The number of ether oxygens (including phenoxy) is 1. The number of alkyl halides is 2. The average molecular weight is 406 g/mol. The third-order valence-corrected chi connectivity index (χ3v) is 5.12. The Hall–Kier alpha value is -2.45. The van der Waals surface area contributed by atoms with Crippen LogP contribution in [0.5, 0.6) is 5.75 Å². The molecule has 1 aliphatic heterocycles. The molecule has 1 saturated heterocycles. The lowest BCUT2D eigenvalue weighted by Gasteiger charge is -2.17. The molecule has 0 unspecified atom stereocenters. The number of hydrogen-bond donors (Lipinski definition) is 0. The van der Waals surface area contributed by atoms with Gasteiger partial charge >= 0.3 is 6.61 Å². The van der Waals surface area contributed by atoms with Gasteiger partial charge in [-0.2, -0.15) is 8.78 Å². The minimum absolute atomic E-state index is 0.0654. The standard InChI is InChI=1S/C19H16F2N2O2S2/c1-22(2)13-5-7-14(8-6-13)23-17(24)16(27-19(23)26)11-12-3-9-15(10-4-12)25-18(20)21/h3-11,18H,1-2H3/b16-11+. The van der Waals surface area contributed by atoms with Gasteiger partial charge in [0.15, 0.2) is 4.32 Å². The molecule has 1 fully saturated rings. The van der Waals surface area contributed by atoms with Gasteiger partial charge in [-0.05, 0) is 48.0 Å². The van der Waals surface area contributed by atoms with E-state index in [1.54, 1.807) is 18.2 Å². The topological polar surface area (TPSA) is 32.8 Å². The van der Waals surface area contributed by atoms with Crippen LogP contribution in [0.25, 0.3) is 6.08 Å². The van der Waals surface area contributed by atoms with Crippen LogP contribution in [-0.4, -0.2) is 30.9 Å². The summed E-state index contributed by atoms with van der Waals surface area (Å²) in [5.41, 5.74) is 2.41. The smallest absolute Gasteiger partial charge is 0.387 e. The highest BCUT2D eigenvalue weighted by Crippen LogP contribution is 2.36. The van der Waals surface area contributed by atoms with E-state index in [0.717, 1.165) is 5.69 Å². The predicted octanol–water partition coefficient (Wildman–Crippen LogP) is 4.76. The molecule has 1 heterocycles. The molecular weight excluding hydrogens is 390 g/mol. The van der Waals surface area contributed by atoms with Crippen LogP contribution in [0.15, 0.2) is 53.4 Å². The zero-order chi connectivity index (χ0) is 19.6. The number of rotatable bonds is 5. The number of halogens is 2. The molecule has 140 valence electrons. The largest absolute Gasteiger partial charge is 0.435 e. The van der Waals surface area contributed by atoms with Crippen LogP contribution < -0.4 is 14.5 Å². The van der Waals surface area contributed by atoms with E-state index in [9.17, 15) is 13.6 Å². The van der Waals surface area contributed by atoms with Crippen molar-refractivity contribution in [1.82, 2.24) is 0 Å². The van der Waals surface area contributed by atoms with Crippen molar-refractivity contribution in [1.29, 1.82) is 0 Å². The van der Waals surface area contributed by atoms with Gasteiger partial charge in [-0.15, -0.1) is 0 Å². The molecule has 0 N–H and O–H groups in total. The first-order valence-electron chi connectivity index (χ1n) is 7.95. The Morgan fingerprint density at radius 2 is 1.74 bits per heavy atom. The highest BCUT2D eigenvalue weighted by Gasteiger charge is 2.33. The first-order valence-corrected chi connectivity index (χ1v) is 9.18. The molecule has 0 saturated carbocycles. The summed E-state index contributed by atoms with van der Waals surface area (Å²) in [6.07, 6.45) is 1.68. The number of anilines is 2. The highest BCUT2D eigenvalue weighted by atomic mass is 32.2. The maximum absolute atomic E-state index is 12.8. The Labute approximate surface area is 165 Å². The zero-order valence-corrected chi connectivity index (χ0v) is 16.2. The summed E-state index contributed by atoms with van der Waals surface area (Å²) in [6, 6.07) is 13.6. The fourth-order valence-electron chi connectivity index (χ4n) is 2.49. The minimum atomic E-state index is -2.87. The quantitative estimate of drug-likeness (QED) is 0.528. The van der Waals surface area contributed by atoms with Crippen molar-refractivity contribution in [2.45, 2.75) is 6.61 Å². The fourth-order valence-corrected chi connectivity index (χ4v) is 3.79. The summed E-state index contributed by atoms with van der Waals surface area (Å²) in [7, 11) is 3.88. The van der Waals surface area contributed by atoms with Crippen LogP contribution in [0.4, 0.5) is 20.2 Å². The van der Waals surface area contributed by atoms with Crippen LogP contribution >= 0.6 is 24.0 Å². The number of carbonyl (C=O) groups excluding carboxylic acids is 1. The van der Waals surface area contributed by atoms with Crippen molar-refractivity contribution in [3.63, 3.8) is 0 Å². The molecule has 0 atom stereocenters. The average Bonchev–Trinajstić information content (AvgIpc) is 2.90. The first kappa shape index (κ1) is 19.3. The number of nitrogens with zero attached hydrogens (tertiary/aromatic N) is 2. The monoisotopic (exact) mass is 406 g/mol. The molecule has 8 heteroatoms. The van der Waals surface area contributed by atoms with Gasteiger partial charge < -0.3 is 9.64 Å². The van der Waals surface area contributed by atoms with E-state index >= 15 is 0 Å². The van der Waals surface area contributed by atoms with Crippen molar-refractivity contribution in [3.05, 3.63) is 59.0 Å². The van der Waals surface area contributed by atoms with Gasteiger partial charge in [0.1, 0.15) is 5.75 Å². The van der Waals surface area contributed by atoms with Crippen LogP contribution in [0.1, 0.15) is 5.56 Å². The van der Waals surface area contributed by atoms with Crippen LogP contribution in [0.2, 0.25) is 0 Å². The number of amides is 1. The summed E-state index contributed by atoms with van der Waals surface area (Å²) >= 11 is 6.56. The molecule has 0 radical (unpaired) electrons. The molecule has 1 amide bonds. The lowest BCUT2D eigenvalue weighted by atomic mass is 10.2. The molecule has 0 aromatic heterocycles. The summed E-state index contributed by atoms with van der Waals surface area (Å²) in [5.74, 6) is -0.147. The van der Waals surface area contributed by atoms with E-state index in [2.05, 4.69) is 4.74 Å². The number of benzene rings is 2. The summed E-state index contributed by atoms with van der Waals surface area (Å²) in [6.45, 7) is -2.87.